The topological polar surface area (TPSA) is 67.4 Å². The fourth-order valence-electron chi connectivity index (χ4n) is 3.51. The van der Waals surface area contributed by atoms with E-state index in [0.29, 0.717) is 17.9 Å². The van der Waals surface area contributed by atoms with Crippen molar-refractivity contribution in [1.29, 1.82) is 0 Å². The number of nitrogens with zero attached hydrogens (tertiary/aromatic N) is 3. The molecule has 2 aliphatic rings. The van der Waals surface area contributed by atoms with E-state index in [9.17, 15) is 4.79 Å². The van der Waals surface area contributed by atoms with Crippen molar-refractivity contribution in [3.05, 3.63) is 18.1 Å². The van der Waals surface area contributed by atoms with Crippen molar-refractivity contribution in [3.63, 3.8) is 0 Å². The van der Waals surface area contributed by atoms with Crippen LogP contribution in [0.1, 0.15) is 24.0 Å². The number of anilines is 1. The zero-order valence-electron chi connectivity index (χ0n) is 11.9. The van der Waals surface area contributed by atoms with Gasteiger partial charge in [-0.15, -0.1) is 0 Å². The fraction of sp³-hybridized carbons (Fsp3) is 0.643. The number of hydrogen-bond donors (Lipinski definition) is 1. The van der Waals surface area contributed by atoms with Crippen LogP contribution in [0.3, 0.4) is 0 Å². The predicted molar refractivity (Wildman–Crippen MR) is 74.6 cm³/mol. The Kier molecular flexibility index (Phi) is 3.56. The second-order valence-electron chi connectivity index (χ2n) is 5.44. The van der Waals surface area contributed by atoms with Crippen LogP contribution >= 0.6 is 0 Å². The quantitative estimate of drug-likeness (QED) is 0.820. The number of nitrogens with one attached hydrogen (secondary N) is 1. The summed E-state index contributed by atoms with van der Waals surface area (Å²) in [5, 5.41) is 3.47. The summed E-state index contributed by atoms with van der Waals surface area (Å²) < 4.78 is 4.69. The Morgan fingerprint density at radius 2 is 2.40 bits per heavy atom. The summed E-state index contributed by atoms with van der Waals surface area (Å²) in [6, 6.07) is 2.36. The highest BCUT2D eigenvalue weighted by molar-refractivity contribution is 5.85. The van der Waals surface area contributed by atoms with Crippen molar-refractivity contribution >= 4 is 11.8 Å². The van der Waals surface area contributed by atoms with Gasteiger partial charge in [-0.3, -0.25) is 0 Å². The Bertz CT molecular complexity index is 508. The van der Waals surface area contributed by atoms with Crippen LogP contribution in [0, 0.1) is 11.8 Å². The van der Waals surface area contributed by atoms with Crippen molar-refractivity contribution < 1.29 is 9.53 Å². The Hall–Kier alpha value is -1.69. The minimum atomic E-state index is -0.485. The maximum Gasteiger partial charge on any atom is 0.376 e. The molecule has 3 atom stereocenters. The first-order valence-corrected chi connectivity index (χ1v) is 7.13. The van der Waals surface area contributed by atoms with E-state index in [1.807, 2.05) is 6.07 Å². The fourth-order valence-corrected chi connectivity index (χ4v) is 3.51. The second-order valence-corrected chi connectivity index (χ2v) is 5.44. The van der Waals surface area contributed by atoms with Crippen LogP contribution < -0.4 is 10.2 Å². The highest BCUT2D eigenvalue weighted by Crippen LogP contribution is 2.36. The third-order valence-electron chi connectivity index (χ3n) is 4.44. The van der Waals surface area contributed by atoms with Gasteiger partial charge in [-0.2, -0.15) is 0 Å². The summed E-state index contributed by atoms with van der Waals surface area (Å²) in [6.07, 6.45) is 2.72. The van der Waals surface area contributed by atoms with Crippen LogP contribution in [0.2, 0.25) is 0 Å². The number of rotatable bonds is 3. The summed E-state index contributed by atoms with van der Waals surface area (Å²) in [6.45, 7) is 5.36. The predicted octanol–water partition coefficient (Wildman–Crippen LogP) is 0.697. The molecule has 0 bridgehead atoms. The zero-order chi connectivity index (χ0) is 14.1. The number of esters is 1. The van der Waals surface area contributed by atoms with E-state index in [2.05, 4.69) is 31.8 Å². The molecule has 20 heavy (non-hydrogen) atoms. The van der Waals surface area contributed by atoms with E-state index < -0.39 is 5.97 Å². The molecule has 0 amide bonds. The van der Waals surface area contributed by atoms with Crippen molar-refractivity contribution in [2.24, 2.45) is 11.8 Å². The summed E-state index contributed by atoms with van der Waals surface area (Å²) in [5.41, 5.74) is 0. The average molecular weight is 276 g/mol. The van der Waals surface area contributed by atoms with Gasteiger partial charge < -0.3 is 15.0 Å². The van der Waals surface area contributed by atoms with E-state index in [1.165, 1.54) is 7.11 Å². The molecule has 0 aliphatic carbocycles. The lowest BCUT2D eigenvalue weighted by Gasteiger charge is -2.27. The van der Waals surface area contributed by atoms with Gasteiger partial charge in [-0.25, -0.2) is 14.8 Å². The summed E-state index contributed by atoms with van der Waals surface area (Å²) in [5.74, 6) is 1.84. The monoisotopic (exact) mass is 276 g/mol. The normalized spacial score (nSPS) is 28.5. The van der Waals surface area contributed by atoms with E-state index in [4.69, 9.17) is 0 Å². The molecule has 6 heteroatoms. The number of hydrogen-bond acceptors (Lipinski definition) is 6. The molecule has 3 rings (SSSR count). The number of carbonyl (C=O) groups is 1. The molecular weight excluding hydrogens is 256 g/mol. The number of aromatic nitrogens is 2. The van der Waals surface area contributed by atoms with E-state index in [-0.39, 0.29) is 5.82 Å². The molecule has 1 aromatic heterocycles. The first kappa shape index (κ1) is 13.3. The van der Waals surface area contributed by atoms with Crippen LogP contribution in [0.15, 0.2) is 12.3 Å². The van der Waals surface area contributed by atoms with Crippen LogP contribution in [-0.4, -0.2) is 48.7 Å². The molecule has 2 fully saturated rings. The highest BCUT2D eigenvalue weighted by atomic mass is 16.5. The van der Waals surface area contributed by atoms with Crippen molar-refractivity contribution in [2.45, 2.75) is 19.4 Å². The molecule has 3 heterocycles. The lowest BCUT2D eigenvalue weighted by Crippen LogP contribution is -2.36. The average Bonchev–Trinajstić information content (AvgIpc) is 3.06. The minimum absolute atomic E-state index is 0.134. The molecule has 1 aromatic rings. The summed E-state index contributed by atoms with van der Waals surface area (Å²) >= 11 is 0. The van der Waals surface area contributed by atoms with Gasteiger partial charge in [0.05, 0.1) is 7.11 Å². The molecule has 3 unspecified atom stereocenters. The molecule has 0 radical (unpaired) electrons. The smallest absolute Gasteiger partial charge is 0.376 e. The van der Waals surface area contributed by atoms with Crippen molar-refractivity contribution in [1.82, 2.24) is 15.3 Å². The van der Waals surface area contributed by atoms with Crippen LogP contribution in [-0.2, 0) is 4.74 Å². The Balaban J connectivity index is 1.87. The number of ether oxygens (including phenoxy) is 1. The van der Waals surface area contributed by atoms with Gasteiger partial charge in [0.15, 0.2) is 0 Å². The largest absolute Gasteiger partial charge is 0.463 e. The highest BCUT2D eigenvalue weighted by Gasteiger charge is 2.43. The van der Waals surface area contributed by atoms with E-state index in [1.54, 1.807) is 6.20 Å². The maximum absolute atomic E-state index is 11.6. The lowest BCUT2D eigenvalue weighted by molar-refractivity contribution is 0.0586. The third kappa shape index (κ3) is 2.14. The molecule has 1 N–H and O–H groups in total. The summed E-state index contributed by atoms with van der Waals surface area (Å²) in [7, 11) is 1.35. The second kappa shape index (κ2) is 5.36. The first-order valence-electron chi connectivity index (χ1n) is 7.13. The molecule has 6 nitrogen and oxygen atoms in total. The molecule has 0 saturated carbocycles. The molecule has 108 valence electrons. The molecule has 0 spiro atoms. The van der Waals surface area contributed by atoms with Crippen LogP contribution in [0.25, 0.3) is 0 Å². The summed E-state index contributed by atoms with van der Waals surface area (Å²) in [4.78, 5) is 22.2. The van der Waals surface area contributed by atoms with E-state index >= 15 is 0 Å². The van der Waals surface area contributed by atoms with Gasteiger partial charge in [-0.1, -0.05) is 6.92 Å². The molecular formula is C14H20N4O2. The lowest BCUT2D eigenvalue weighted by atomic mass is 9.93. The maximum atomic E-state index is 11.6. The Labute approximate surface area is 118 Å². The number of carbonyl (C=O) groups excluding carboxylic acids is 1. The van der Waals surface area contributed by atoms with Gasteiger partial charge in [0.1, 0.15) is 5.82 Å². The number of fused-ring (bicyclic) bond motifs is 1. The van der Waals surface area contributed by atoms with E-state index in [0.717, 1.165) is 31.9 Å². The molecule has 2 saturated heterocycles. The Morgan fingerprint density at radius 1 is 1.55 bits per heavy atom. The van der Waals surface area contributed by atoms with Gasteiger partial charge in [-0.05, 0) is 24.3 Å². The van der Waals surface area contributed by atoms with Gasteiger partial charge in [0.2, 0.25) is 5.82 Å². The molecule has 2 aliphatic heterocycles. The van der Waals surface area contributed by atoms with Gasteiger partial charge in [0, 0.05) is 31.9 Å². The van der Waals surface area contributed by atoms with Gasteiger partial charge >= 0.3 is 5.97 Å². The van der Waals surface area contributed by atoms with Crippen LogP contribution in [0.5, 0.6) is 0 Å². The zero-order valence-corrected chi connectivity index (χ0v) is 11.9. The third-order valence-corrected chi connectivity index (χ3v) is 4.44. The first-order chi connectivity index (χ1) is 9.74. The van der Waals surface area contributed by atoms with Crippen molar-refractivity contribution in [2.75, 3.05) is 31.6 Å². The van der Waals surface area contributed by atoms with Crippen molar-refractivity contribution in [3.8, 4) is 0 Å². The molecule has 0 aromatic carbocycles. The van der Waals surface area contributed by atoms with Gasteiger partial charge in [0.25, 0.3) is 0 Å². The standard InChI is InChI=1S/C14H20N4O2/c1-3-11-10-7-15-6-9(10)8-18(11)12-4-5-16-13(17-12)14(19)20-2/h4-5,9-11,15H,3,6-8H2,1-2H3. The SMILES string of the molecule is CCC1C2CNCC2CN1c1ccnc(C(=O)OC)n1. The minimum Gasteiger partial charge on any atom is -0.463 e. The van der Waals surface area contributed by atoms with Crippen LogP contribution in [0.4, 0.5) is 5.82 Å². The number of methoxy groups -OCH3 is 1. The Morgan fingerprint density at radius 3 is 3.15 bits per heavy atom.